The van der Waals surface area contributed by atoms with Crippen LogP contribution in [-0.4, -0.2) is 22.2 Å². The first-order chi connectivity index (χ1) is 10.8. The number of carbonyl (C=O) groups excluding carboxylic acids is 1. The third-order valence-electron chi connectivity index (χ3n) is 3.57. The first-order valence-electron chi connectivity index (χ1n) is 6.83. The molecule has 2 amide bonds. The summed E-state index contributed by atoms with van der Waals surface area (Å²) >= 11 is 0. The van der Waals surface area contributed by atoms with Crippen LogP contribution in [0.25, 0.3) is 0 Å². The van der Waals surface area contributed by atoms with Crippen molar-refractivity contribution in [3.63, 3.8) is 0 Å². The molecular weight excluding hydrogens is 300 g/mol. The number of primary amides is 1. The number of hydrogen-bond acceptors (Lipinski definition) is 4. The highest BCUT2D eigenvalue weighted by Gasteiger charge is 2.08. The van der Waals surface area contributed by atoms with Crippen molar-refractivity contribution in [2.75, 3.05) is 11.9 Å². The van der Waals surface area contributed by atoms with Crippen molar-refractivity contribution in [2.24, 2.45) is 19.8 Å². The number of carbonyl (C=O) groups is 1. The summed E-state index contributed by atoms with van der Waals surface area (Å²) in [5.74, 6) is 0.541. The molecule has 122 valence electrons. The molecule has 0 spiro atoms. The van der Waals surface area contributed by atoms with Crippen LogP contribution in [0.1, 0.15) is 5.69 Å². The second kappa shape index (κ2) is 6.39. The molecule has 0 aliphatic heterocycles. The molecule has 0 aliphatic rings. The van der Waals surface area contributed by atoms with Crippen molar-refractivity contribution in [3.05, 3.63) is 56.9 Å². The van der Waals surface area contributed by atoms with E-state index in [1.165, 1.54) is 22.6 Å². The molecule has 0 radical (unpaired) electrons. The highest BCUT2D eigenvalue weighted by atomic mass is 16.5. The zero-order chi connectivity index (χ0) is 17.1. The summed E-state index contributed by atoms with van der Waals surface area (Å²) in [5, 5.41) is 0. The van der Waals surface area contributed by atoms with Gasteiger partial charge in [-0.15, -0.1) is 0 Å². The van der Waals surface area contributed by atoms with Crippen LogP contribution in [0.5, 0.6) is 5.75 Å². The van der Waals surface area contributed by atoms with Crippen LogP contribution < -0.4 is 26.6 Å². The van der Waals surface area contributed by atoms with Crippen LogP contribution >= 0.6 is 0 Å². The topological polar surface area (TPSA) is 99.6 Å². The van der Waals surface area contributed by atoms with Crippen molar-refractivity contribution in [1.82, 2.24) is 9.13 Å². The van der Waals surface area contributed by atoms with Crippen molar-refractivity contribution in [3.8, 4) is 5.75 Å². The number of nitrogens with zero attached hydrogens (tertiary/aromatic N) is 3. The summed E-state index contributed by atoms with van der Waals surface area (Å²) < 4.78 is 7.96. The van der Waals surface area contributed by atoms with Gasteiger partial charge in [0.2, 0.25) is 0 Å². The number of rotatable bonds is 4. The fourth-order valence-electron chi connectivity index (χ4n) is 1.97. The predicted octanol–water partition coefficient (Wildman–Crippen LogP) is 0.178. The largest absolute Gasteiger partial charge is 0.487 e. The summed E-state index contributed by atoms with van der Waals surface area (Å²) in [6, 6.07) is 7.51. The monoisotopic (exact) mass is 318 g/mol. The quantitative estimate of drug-likeness (QED) is 0.869. The fourth-order valence-corrected chi connectivity index (χ4v) is 1.97. The summed E-state index contributed by atoms with van der Waals surface area (Å²) in [7, 11) is 4.56. The van der Waals surface area contributed by atoms with E-state index in [0.29, 0.717) is 17.1 Å². The number of amides is 2. The molecule has 0 saturated heterocycles. The van der Waals surface area contributed by atoms with Gasteiger partial charge in [0.1, 0.15) is 12.4 Å². The maximum atomic E-state index is 11.8. The van der Waals surface area contributed by atoms with Crippen molar-refractivity contribution in [2.45, 2.75) is 6.61 Å². The Balaban J connectivity index is 2.15. The molecule has 2 N–H and O–H groups in total. The molecule has 8 nitrogen and oxygen atoms in total. The van der Waals surface area contributed by atoms with Crippen LogP contribution in [0.3, 0.4) is 0 Å². The molecule has 0 atom stereocenters. The predicted molar refractivity (Wildman–Crippen MR) is 85.7 cm³/mol. The lowest BCUT2D eigenvalue weighted by molar-refractivity contribution is 0.255. The Morgan fingerprint density at radius 3 is 2.35 bits per heavy atom. The van der Waals surface area contributed by atoms with E-state index < -0.39 is 11.7 Å². The fraction of sp³-hybridized carbons (Fsp3) is 0.267. The number of aromatic nitrogens is 2. The Kier molecular flexibility index (Phi) is 4.54. The van der Waals surface area contributed by atoms with E-state index >= 15 is 0 Å². The van der Waals surface area contributed by atoms with Crippen LogP contribution in [0, 0.1) is 0 Å². The third-order valence-corrected chi connectivity index (χ3v) is 3.57. The van der Waals surface area contributed by atoms with E-state index in [-0.39, 0.29) is 12.2 Å². The lowest BCUT2D eigenvalue weighted by atomic mass is 10.3. The molecule has 0 aliphatic carbocycles. The van der Waals surface area contributed by atoms with E-state index in [4.69, 9.17) is 10.5 Å². The smallest absolute Gasteiger partial charge is 0.330 e. The first-order valence-corrected chi connectivity index (χ1v) is 6.83. The number of ether oxygens (including phenoxy) is 1. The van der Waals surface area contributed by atoms with Gasteiger partial charge in [-0.25, -0.2) is 9.59 Å². The van der Waals surface area contributed by atoms with Gasteiger partial charge in [0.05, 0.1) is 5.69 Å². The van der Waals surface area contributed by atoms with Crippen molar-refractivity contribution >= 4 is 11.7 Å². The van der Waals surface area contributed by atoms with E-state index in [2.05, 4.69) is 0 Å². The van der Waals surface area contributed by atoms with Crippen LogP contribution in [0.15, 0.2) is 39.9 Å². The minimum Gasteiger partial charge on any atom is -0.487 e. The van der Waals surface area contributed by atoms with Crippen molar-refractivity contribution in [1.29, 1.82) is 0 Å². The standard InChI is InChI=1S/C15H18N4O4/c1-17(14(16)21)10-4-6-12(7-5-10)23-9-11-8-13(20)19(3)15(22)18(11)2/h4-8H,9H2,1-3H3,(H2,16,21). The molecular formula is C15H18N4O4. The number of hydrogen-bond donors (Lipinski definition) is 1. The second-order valence-electron chi connectivity index (χ2n) is 5.05. The molecule has 1 aromatic heterocycles. The number of nitrogens with two attached hydrogens (primary N) is 1. The Hall–Kier alpha value is -3.03. The summed E-state index contributed by atoms with van der Waals surface area (Å²) in [5.41, 5.74) is 5.50. The molecule has 0 unspecified atom stereocenters. The normalized spacial score (nSPS) is 10.4. The van der Waals surface area contributed by atoms with E-state index in [0.717, 1.165) is 4.57 Å². The molecule has 1 heterocycles. The Bertz CT molecular complexity index is 836. The minimum atomic E-state index is -0.561. The summed E-state index contributed by atoms with van der Waals surface area (Å²) in [4.78, 5) is 35.9. The maximum absolute atomic E-state index is 11.8. The molecule has 2 rings (SSSR count). The highest BCUT2D eigenvalue weighted by molar-refractivity contribution is 5.90. The second-order valence-corrected chi connectivity index (χ2v) is 5.05. The molecule has 23 heavy (non-hydrogen) atoms. The van der Waals surface area contributed by atoms with Gasteiger partial charge in [-0.05, 0) is 24.3 Å². The van der Waals surface area contributed by atoms with Gasteiger partial charge in [-0.2, -0.15) is 0 Å². The van der Waals surface area contributed by atoms with E-state index in [1.54, 1.807) is 38.4 Å². The SMILES string of the molecule is CN(C(N)=O)c1ccc(OCc2cc(=O)n(C)c(=O)n2C)cc1. The van der Waals surface area contributed by atoms with E-state index in [1.807, 2.05) is 0 Å². The molecule has 1 aromatic carbocycles. The van der Waals surface area contributed by atoms with Crippen molar-refractivity contribution < 1.29 is 9.53 Å². The van der Waals surface area contributed by atoms with Gasteiger partial charge in [-0.3, -0.25) is 18.8 Å². The average Bonchev–Trinajstić information content (AvgIpc) is 2.54. The van der Waals surface area contributed by atoms with E-state index in [9.17, 15) is 14.4 Å². The lowest BCUT2D eigenvalue weighted by Crippen LogP contribution is -2.38. The molecule has 0 fully saturated rings. The van der Waals surface area contributed by atoms with Gasteiger partial charge in [0.25, 0.3) is 5.56 Å². The molecule has 8 heteroatoms. The van der Waals surface area contributed by atoms with Gasteiger partial charge in [0.15, 0.2) is 0 Å². The molecule has 0 saturated carbocycles. The molecule has 0 bridgehead atoms. The average molecular weight is 318 g/mol. The number of benzene rings is 1. The lowest BCUT2D eigenvalue weighted by Gasteiger charge is -2.15. The van der Waals surface area contributed by atoms with Crippen LogP contribution in [0.4, 0.5) is 10.5 Å². The zero-order valence-electron chi connectivity index (χ0n) is 13.1. The molecule has 2 aromatic rings. The Morgan fingerprint density at radius 1 is 1.17 bits per heavy atom. The number of urea groups is 1. The summed E-state index contributed by atoms with van der Waals surface area (Å²) in [6.07, 6.45) is 0. The number of anilines is 1. The maximum Gasteiger partial charge on any atom is 0.330 e. The highest BCUT2D eigenvalue weighted by Crippen LogP contribution is 2.19. The van der Waals surface area contributed by atoms with Crippen LogP contribution in [0.2, 0.25) is 0 Å². The van der Waals surface area contributed by atoms with Crippen LogP contribution in [-0.2, 0) is 20.7 Å². The Labute approximate surface area is 132 Å². The zero-order valence-corrected chi connectivity index (χ0v) is 13.1. The minimum absolute atomic E-state index is 0.0762. The van der Waals surface area contributed by atoms with Gasteiger partial charge >= 0.3 is 11.7 Å². The first kappa shape index (κ1) is 16.3. The van der Waals surface area contributed by atoms with Gasteiger partial charge in [-0.1, -0.05) is 0 Å². The Morgan fingerprint density at radius 2 is 1.78 bits per heavy atom. The third kappa shape index (κ3) is 3.42. The summed E-state index contributed by atoms with van der Waals surface area (Å²) in [6.45, 7) is 0.0762. The van der Waals surface area contributed by atoms with Gasteiger partial charge in [0, 0.05) is 32.9 Å². The van der Waals surface area contributed by atoms with Gasteiger partial charge < -0.3 is 10.5 Å².